The van der Waals surface area contributed by atoms with Crippen LogP contribution in [0.1, 0.15) is 23.0 Å². The monoisotopic (exact) mass is 434 g/mol. The van der Waals surface area contributed by atoms with Crippen molar-refractivity contribution in [2.75, 3.05) is 13.7 Å². The average molecular weight is 435 g/mol. The fourth-order valence-corrected chi connectivity index (χ4v) is 4.38. The molecule has 3 aromatic rings. The molecule has 1 N–H and O–H groups in total. The number of H-pyrrole nitrogens is 1. The van der Waals surface area contributed by atoms with Gasteiger partial charge >= 0.3 is 5.97 Å². The first-order valence-electron chi connectivity index (χ1n) is 7.97. The number of carbonyl (C=O) groups is 1. The van der Waals surface area contributed by atoms with Gasteiger partial charge in [-0.25, -0.2) is 4.79 Å². The SMILES string of the molecule is CCOC(=O)c1[nH]nc2c1COc1c-2cc(Br)c(OC)c1-c1cccs1. The van der Waals surface area contributed by atoms with Crippen molar-refractivity contribution in [2.24, 2.45) is 0 Å². The number of aromatic amines is 1. The van der Waals surface area contributed by atoms with Crippen LogP contribution in [0.5, 0.6) is 11.5 Å². The number of hydrogen-bond donors (Lipinski definition) is 1. The third-order valence-corrected chi connectivity index (χ3v) is 5.60. The van der Waals surface area contributed by atoms with Crippen LogP contribution in [0.4, 0.5) is 0 Å². The maximum absolute atomic E-state index is 12.1. The molecule has 0 saturated carbocycles. The van der Waals surface area contributed by atoms with Crippen LogP contribution in [-0.4, -0.2) is 29.9 Å². The summed E-state index contributed by atoms with van der Waals surface area (Å²) in [6.07, 6.45) is 0. The Morgan fingerprint density at radius 1 is 1.50 bits per heavy atom. The minimum Gasteiger partial charge on any atom is -0.495 e. The number of fused-ring (bicyclic) bond motifs is 3. The van der Waals surface area contributed by atoms with E-state index in [4.69, 9.17) is 14.2 Å². The van der Waals surface area contributed by atoms with Crippen molar-refractivity contribution in [1.82, 2.24) is 10.2 Å². The van der Waals surface area contributed by atoms with E-state index in [1.807, 2.05) is 23.6 Å². The lowest BCUT2D eigenvalue weighted by atomic mass is 9.98. The molecule has 0 saturated heterocycles. The summed E-state index contributed by atoms with van der Waals surface area (Å²) in [7, 11) is 1.63. The standard InChI is InChI=1S/C18H15BrN2O4S/c1-3-24-18(22)15-10-8-25-16-9(14(10)20-21-15)7-11(19)17(23-2)13(16)12-5-4-6-26-12/h4-7H,3,8H2,1-2H3,(H,20,21). The van der Waals surface area contributed by atoms with Crippen LogP contribution >= 0.6 is 27.3 Å². The molecule has 0 radical (unpaired) electrons. The molecule has 0 bridgehead atoms. The molecule has 0 fully saturated rings. The second kappa shape index (κ2) is 6.77. The van der Waals surface area contributed by atoms with Crippen molar-refractivity contribution in [1.29, 1.82) is 0 Å². The van der Waals surface area contributed by atoms with Crippen LogP contribution in [-0.2, 0) is 11.3 Å². The Kier molecular flexibility index (Phi) is 4.46. The number of rotatable bonds is 4. The summed E-state index contributed by atoms with van der Waals surface area (Å²) in [6.45, 7) is 2.30. The average Bonchev–Trinajstić information content (AvgIpc) is 3.30. The quantitative estimate of drug-likeness (QED) is 0.605. The van der Waals surface area contributed by atoms with Crippen LogP contribution < -0.4 is 9.47 Å². The lowest BCUT2D eigenvalue weighted by Gasteiger charge is -2.22. The molecular formula is C18H15BrN2O4S. The van der Waals surface area contributed by atoms with Crippen LogP contribution in [0.25, 0.3) is 21.7 Å². The summed E-state index contributed by atoms with van der Waals surface area (Å²) in [4.78, 5) is 13.2. The van der Waals surface area contributed by atoms with Gasteiger partial charge in [0.1, 0.15) is 23.8 Å². The highest BCUT2D eigenvalue weighted by Gasteiger charge is 2.31. The van der Waals surface area contributed by atoms with Gasteiger partial charge in [0.25, 0.3) is 0 Å². The second-order valence-electron chi connectivity index (χ2n) is 5.56. The van der Waals surface area contributed by atoms with E-state index in [1.54, 1.807) is 25.4 Å². The summed E-state index contributed by atoms with van der Waals surface area (Å²) in [5, 5.41) is 9.16. The van der Waals surface area contributed by atoms with Gasteiger partial charge in [0.2, 0.25) is 0 Å². The number of methoxy groups -OCH3 is 1. The Labute approximate surface area is 162 Å². The maximum Gasteiger partial charge on any atom is 0.356 e. The molecule has 0 atom stereocenters. The molecule has 1 aliphatic heterocycles. The Morgan fingerprint density at radius 2 is 2.35 bits per heavy atom. The normalized spacial score (nSPS) is 12.1. The molecule has 2 aromatic heterocycles. The molecule has 0 amide bonds. The minimum atomic E-state index is -0.431. The first kappa shape index (κ1) is 17.1. The van der Waals surface area contributed by atoms with Crippen molar-refractivity contribution in [3.05, 3.63) is 39.3 Å². The minimum absolute atomic E-state index is 0.232. The van der Waals surface area contributed by atoms with E-state index in [2.05, 4.69) is 26.1 Å². The lowest BCUT2D eigenvalue weighted by molar-refractivity contribution is 0.0516. The summed E-state index contributed by atoms with van der Waals surface area (Å²) < 4.78 is 17.6. The second-order valence-corrected chi connectivity index (χ2v) is 7.36. The Hall–Kier alpha value is -2.32. The highest BCUT2D eigenvalue weighted by Crippen LogP contribution is 2.52. The molecule has 134 valence electrons. The van der Waals surface area contributed by atoms with Crippen molar-refractivity contribution in [3.63, 3.8) is 0 Å². The van der Waals surface area contributed by atoms with E-state index >= 15 is 0 Å². The predicted molar refractivity (Wildman–Crippen MR) is 102 cm³/mol. The number of thiophene rings is 1. The number of aromatic nitrogens is 2. The highest BCUT2D eigenvalue weighted by molar-refractivity contribution is 9.10. The number of esters is 1. The van der Waals surface area contributed by atoms with Crippen molar-refractivity contribution < 1.29 is 19.0 Å². The van der Waals surface area contributed by atoms with Crippen molar-refractivity contribution in [3.8, 4) is 33.2 Å². The first-order chi connectivity index (χ1) is 12.7. The topological polar surface area (TPSA) is 73.4 Å². The van der Waals surface area contributed by atoms with Gasteiger partial charge in [-0.05, 0) is 40.4 Å². The van der Waals surface area contributed by atoms with E-state index < -0.39 is 5.97 Å². The fourth-order valence-electron chi connectivity index (χ4n) is 3.03. The van der Waals surface area contributed by atoms with E-state index in [1.165, 1.54) is 0 Å². The van der Waals surface area contributed by atoms with Crippen molar-refractivity contribution in [2.45, 2.75) is 13.5 Å². The predicted octanol–water partition coefficient (Wildman–Crippen LogP) is 4.65. The Morgan fingerprint density at radius 3 is 3.04 bits per heavy atom. The molecule has 0 unspecified atom stereocenters. The molecule has 1 aromatic carbocycles. The summed E-state index contributed by atoms with van der Waals surface area (Å²) in [5.74, 6) is 0.970. The number of hydrogen-bond acceptors (Lipinski definition) is 6. The highest BCUT2D eigenvalue weighted by atomic mass is 79.9. The van der Waals surface area contributed by atoms with E-state index in [-0.39, 0.29) is 6.61 Å². The number of halogens is 1. The van der Waals surface area contributed by atoms with Gasteiger partial charge < -0.3 is 14.2 Å². The van der Waals surface area contributed by atoms with Gasteiger partial charge in [0.15, 0.2) is 5.69 Å². The molecule has 0 spiro atoms. The van der Waals surface area contributed by atoms with Crippen LogP contribution in [0.3, 0.4) is 0 Å². The summed E-state index contributed by atoms with van der Waals surface area (Å²) in [6, 6.07) is 5.90. The van der Waals surface area contributed by atoms with Crippen LogP contribution in [0, 0.1) is 0 Å². The number of nitrogens with one attached hydrogen (secondary N) is 1. The number of benzene rings is 1. The third-order valence-electron chi connectivity index (χ3n) is 4.12. The maximum atomic E-state index is 12.1. The largest absolute Gasteiger partial charge is 0.495 e. The molecule has 8 heteroatoms. The molecule has 3 heterocycles. The van der Waals surface area contributed by atoms with E-state index in [9.17, 15) is 4.79 Å². The Balaban J connectivity index is 1.92. The van der Waals surface area contributed by atoms with Gasteiger partial charge in [-0.1, -0.05) is 6.07 Å². The lowest BCUT2D eigenvalue weighted by Crippen LogP contribution is -2.12. The number of ether oxygens (including phenoxy) is 3. The fraction of sp³-hybridized carbons (Fsp3) is 0.222. The number of carbonyl (C=O) groups excluding carboxylic acids is 1. The summed E-state index contributed by atoms with van der Waals surface area (Å²) >= 11 is 5.18. The molecule has 1 aliphatic rings. The molecular weight excluding hydrogens is 420 g/mol. The van der Waals surface area contributed by atoms with Gasteiger partial charge in [-0.15, -0.1) is 11.3 Å². The van der Waals surface area contributed by atoms with Crippen molar-refractivity contribution >= 4 is 33.2 Å². The molecule has 0 aliphatic carbocycles. The van der Waals surface area contributed by atoms with Gasteiger partial charge in [0, 0.05) is 10.4 Å². The smallest absolute Gasteiger partial charge is 0.356 e. The van der Waals surface area contributed by atoms with Crippen LogP contribution in [0.2, 0.25) is 0 Å². The molecule has 6 nitrogen and oxygen atoms in total. The first-order valence-corrected chi connectivity index (χ1v) is 9.64. The van der Waals surface area contributed by atoms with E-state index in [0.717, 1.165) is 20.5 Å². The Bertz CT molecular complexity index is 982. The third kappa shape index (κ3) is 2.60. The number of nitrogens with zero attached hydrogens (tertiary/aromatic N) is 1. The zero-order valence-corrected chi connectivity index (χ0v) is 16.5. The molecule has 4 rings (SSSR count). The van der Waals surface area contributed by atoms with E-state index in [0.29, 0.717) is 35.1 Å². The van der Waals surface area contributed by atoms with Gasteiger partial charge in [0.05, 0.1) is 29.3 Å². The summed E-state index contributed by atoms with van der Waals surface area (Å²) in [5.41, 5.74) is 3.39. The zero-order chi connectivity index (χ0) is 18.3. The van der Waals surface area contributed by atoms with Crippen LogP contribution in [0.15, 0.2) is 28.1 Å². The zero-order valence-electron chi connectivity index (χ0n) is 14.1. The van der Waals surface area contributed by atoms with Gasteiger partial charge in [-0.2, -0.15) is 5.10 Å². The molecule has 26 heavy (non-hydrogen) atoms. The van der Waals surface area contributed by atoms with Gasteiger partial charge in [-0.3, -0.25) is 5.10 Å².